The average Bonchev–Trinajstić information content (AvgIpc) is 2.37. The molecule has 1 aromatic rings. The Labute approximate surface area is 117 Å². The van der Waals surface area contributed by atoms with Crippen LogP contribution >= 0.6 is 15.9 Å². The quantitative estimate of drug-likeness (QED) is 0.889. The van der Waals surface area contributed by atoms with Gasteiger partial charge in [-0.2, -0.15) is 13.2 Å². The summed E-state index contributed by atoms with van der Waals surface area (Å²) in [6.07, 6.45) is -4.29. The first kappa shape index (κ1) is 14.6. The summed E-state index contributed by atoms with van der Waals surface area (Å²) in [5.74, 6) is 0. The standard InChI is InChI=1S/C12H14BrF3N2O/c13-10-5-8(12(14,15)16)1-2-11(10)18-7-9-6-17-3-4-19-9/h1-2,5,9,17-18H,3-4,6-7H2. The predicted octanol–water partition coefficient (Wildman–Crippen LogP) is 2.87. The molecule has 1 aliphatic heterocycles. The number of hydrogen-bond donors (Lipinski definition) is 2. The molecule has 1 saturated heterocycles. The summed E-state index contributed by atoms with van der Waals surface area (Å²) in [5.41, 5.74) is -0.0392. The summed E-state index contributed by atoms with van der Waals surface area (Å²) < 4.78 is 43.4. The van der Waals surface area contributed by atoms with Gasteiger partial charge < -0.3 is 15.4 Å². The highest BCUT2D eigenvalue weighted by Gasteiger charge is 2.30. The number of ether oxygens (including phenoxy) is 1. The molecule has 1 fully saturated rings. The predicted molar refractivity (Wildman–Crippen MR) is 70.2 cm³/mol. The Morgan fingerprint density at radius 3 is 2.79 bits per heavy atom. The van der Waals surface area contributed by atoms with E-state index in [0.29, 0.717) is 23.3 Å². The smallest absolute Gasteiger partial charge is 0.381 e. The zero-order valence-electron chi connectivity index (χ0n) is 10.1. The van der Waals surface area contributed by atoms with Gasteiger partial charge in [0.25, 0.3) is 0 Å². The highest BCUT2D eigenvalue weighted by molar-refractivity contribution is 9.10. The third-order valence-corrected chi connectivity index (χ3v) is 3.48. The largest absolute Gasteiger partial charge is 0.416 e. The zero-order valence-corrected chi connectivity index (χ0v) is 11.6. The number of benzene rings is 1. The van der Waals surface area contributed by atoms with Gasteiger partial charge in [-0.15, -0.1) is 0 Å². The summed E-state index contributed by atoms with van der Waals surface area (Å²) >= 11 is 3.15. The summed E-state index contributed by atoms with van der Waals surface area (Å²) in [5, 5.41) is 6.27. The minimum Gasteiger partial charge on any atom is -0.381 e. The second-order valence-electron chi connectivity index (χ2n) is 4.27. The molecule has 2 rings (SSSR count). The topological polar surface area (TPSA) is 33.3 Å². The molecule has 0 amide bonds. The zero-order chi connectivity index (χ0) is 13.9. The van der Waals surface area contributed by atoms with Crippen molar-refractivity contribution < 1.29 is 17.9 Å². The first-order valence-electron chi connectivity index (χ1n) is 5.90. The van der Waals surface area contributed by atoms with E-state index in [0.717, 1.165) is 25.2 Å². The van der Waals surface area contributed by atoms with Crippen LogP contribution in [0.25, 0.3) is 0 Å². The van der Waals surface area contributed by atoms with E-state index in [9.17, 15) is 13.2 Å². The third-order valence-electron chi connectivity index (χ3n) is 2.82. The van der Waals surface area contributed by atoms with Gasteiger partial charge >= 0.3 is 6.18 Å². The van der Waals surface area contributed by atoms with Crippen LogP contribution in [-0.4, -0.2) is 32.3 Å². The van der Waals surface area contributed by atoms with Gasteiger partial charge in [-0.05, 0) is 34.1 Å². The number of anilines is 1. The average molecular weight is 339 g/mol. The number of rotatable bonds is 3. The minimum absolute atomic E-state index is 0.0305. The molecular formula is C12H14BrF3N2O. The molecule has 0 aromatic heterocycles. The molecule has 7 heteroatoms. The molecule has 1 heterocycles. The van der Waals surface area contributed by atoms with Gasteiger partial charge in [-0.1, -0.05) is 0 Å². The fourth-order valence-corrected chi connectivity index (χ4v) is 2.33. The molecule has 2 N–H and O–H groups in total. The fraction of sp³-hybridized carbons (Fsp3) is 0.500. The van der Waals surface area contributed by atoms with E-state index in [4.69, 9.17) is 4.74 Å². The van der Waals surface area contributed by atoms with Gasteiger partial charge in [0.2, 0.25) is 0 Å². The Bertz CT molecular complexity index is 433. The molecular weight excluding hydrogens is 325 g/mol. The fourth-order valence-electron chi connectivity index (χ4n) is 1.81. The highest BCUT2D eigenvalue weighted by atomic mass is 79.9. The van der Waals surface area contributed by atoms with E-state index in [-0.39, 0.29) is 6.10 Å². The Balaban J connectivity index is 1.97. The Morgan fingerprint density at radius 1 is 1.42 bits per heavy atom. The number of hydrogen-bond acceptors (Lipinski definition) is 3. The lowest BCUT2D eigenvalue weighted by Crippen LogP contribution is -2.42. The lowest BCUT2D eigenvalue weighted by atomic mass is 10.2. The van der Waals surface area contributed by atoms with E-state index in [1.807, 2.05) is 0 Å². The first-order valence-corrected chi connectivity index (χ1v) is 6.69. The van der Waals surface area contributed by atoms with Crippen LogP contribution in [0, 0.1) is 0 Å². The Kier molecular flexibility index (Phi) is 4.70. The Hall–Kier alpha value is -0.790. The monoisotopic (exact) mass is 338 g/mol. The maximum Gasteiger partial charge on any atom is 0.416 e. The highest BCUT2D eigenvalue weighted by Crippen LogP contribution is 2.33. The molecule has 19 heavy (non-hydrogen) atoms. The summed E-state index contributed by atoms with van der Waals surface area (Å²) in [7, 11) is 0. The van der Waals surface area contributed by atoms with Crippen LogP contribution in [0.3, 0.4) is 0 Å². The van der Waals surface area contributed by atoms with Crippen molar-refractivity contribution in [3.8, 4) is 0 Å². The van der Waals surface area contributed by atoms with Crippen LogP contribution in [0.5, 0.6) is 0 Å². The molecule has 106 valence electrons. The van der Waals surface area contributed by atoms with Gasteiger partial charge in [-0.3, -0.25) is 0 Å². The SMILES string of the molecule is FC(F)(F)c1ccc(NCC2CNCCO2)c(Br)c1. The molecule has 1 aromatic carbocycles. The van der Waals surface area contributed by atoms with E-state index in [1.54, 1.807) is 0 Å². The van der Waals surface area contributed by atoms with Crippen molar-refractivity contribution in [3.63, 3.8) is 0 Å². The van der Waals surface area contributed by atoms with E-state index >= 15 is 0 Å². The third kappa shape index (κ3) is 4.09. The lowest BCUT2D eigenvalue weighted by molar-refractivity contribution is -0.137. The van der Waals surface area contributed by atoms with Crippen molar-refractivity contribution in [2.75, 3.05) is 31.6 Å². The molecule has 0 bridgehead atoms. The summed E-state index contributed by atoms with van der Waals surface area (Å²) in [4.78, 5) is 0. The van der Waals surface area contributed by atoms with Crippen molar-refractivity contribution in [3.05, 3.63) is 28.2 Å². The van der Waals surface area contributed by atoms with Crippen molar-refractivity contribution in [2.45, 2.75) is 12.3 Å². The molecule has 1 aliphatic rings. The van der Waals surface area contributed by atoms with Crippen LogP contribution in [0.4, 0.5) is 18.9 Å². The molecule has 3 nitrogen and oxygen atoms in total. The van der Waals surface area contributed by atoms with Crippen LogP contribution in [0.15, 0.2) is 22.7 Å². The number of alkyl halides is 3. The number of nitrogens with one attached hydrogen (secondary N) is 2. The minimum atomic E-state index is -4.32. The maximum atomic E-state index is 12.5. The van der Waals surface area contributed by atoms with Gasteiger partial charge in [-0.25, -0.2) is 0 Å². The van der Waals surface area contributed by atoms with Crippen molar-refractivity contribution in [2.24, 2.45) is 0 Å². The van der Waals surface area contributed by atoms with Crippen LogP contribution in [0.2, 0.25) is 0 Å². The van der Waals surface area contributed by atoms with Gasteiger partial charge in [0, 0.05) is 29.8 Å². The van der Waals surface area contributed by atoms with E-state index in [1.165, 1.54) is 6.07 Å². The molecule has 0 radical (unpaired) electrons. The van der Waals surface area contributed by atoms with Crippen molar-refractivity contribution in [1.82, 2.24) is 5.32 Å². The molecule has 1 atom stereocenters. The van der Waals surface area contributed by atoms with Crippen LogP contribution < -0.4 is 10.6 Å². The van der Waals surface area contributed by atoms with Gasteiger partial charge in [0.15, 0.2) is 0 Å². The first-order chi connectivity index (χ1) is 8.97. The number of halogens is 4. The summed E-state index contributed by atoms with van der Waals surface area (Å²) in [6.45, 7) is 2.78. The van der Waals surface area contributed by atoms with E-state index in [2.05, 4.69) is 26.6 Å². The van der Waals surface area contributed by atoms with Crippen molar-refractivity contribution >= 4 is 21.6 Å². The molecule has 0 saturated carbocycles. The van der Waals surface area contributed by atoms with Crippen LogP contribution in [-0.2, 0) is 10.9 Å². The summed E-state index contributed by atoms with van der Waals surface area (Å²) in [6, 6.07) is 3.55. The molecule has 0 spiro atoms. The number of morpholine rings is 1. The van der Waals surface area contributed by atoms with Gasteiger partial charge in [0.05, 0.1) is 18.3 Å². The molecule has 0 aliphatic carbocycles. The Morgan fingerprint density at radius 2 is 2.21 bits per heavy atom. The normalized spacial score (nSPS) is 20.3. The van der Waals surface area contributed by atoms with E-state index < -0.39 is 11.7 Å². The lowest BCUT2D eigenvalue weighted by Gasteiger charge is -2.24. The van der Waals surface area contributed by atoms with Crippen LogP contribution in [0.1, 0.15) is 5.56 Å². The maximum absolute atomic E-state index is 12.5. The molecule has 1 unspecified atom stereocenters. The van der Waals surface area contributed by atoms with Crippen molar-refractivity contribution in [1.29, 1.82) is 0 Å². The van der Waals surface area contributed by atoms with Gasteiger partial charge in [0.1, 0.15) is 0 Å². The second kappa shape index (κ2) is 6.11. The second-order valence-corrected chi connectivity index (χ2v) is 5.12.